The highest BCUT2D eigenvalue weighted by Crippen LogP contribution is 2.37. The molecule has 6 rings (SSSR count). The van der Waals surface area contributed by atoms with E-state index in [0.717, 1.165) is 38.9 Å². The molecule has 0 saturated carbocycles. The van der Waals surface area contributed by atoms with Gasteiger partial charge in [0.2, 0.25) is 0 Å². The van der Waals surface area contributed by atoms with Gasteiger partial charge in [0.05, 0.1) is 0 Å². The second kappa shape index (κ2) is 12.1. The first kappa shape index (κ1) is 30.4. The number of aromatic nitrogens is 3. The Morgan fingerprint density at radius 2 is 0.844 bits per heavy atom. The highest BCUT2D eigenvalue weighted by atomic mass is 35.5. The third-order valence-corrected chi connectivity index (χ3v) is 8.29. The first-order valence-electron chi connectivity index (χ1n) is 15.4. The van der Waals surface area contributed by atoms with Crippen LogP contribution in [0.1, 0.15) is 52.7 Å². The minimum Gasteiger partial charge on any atom is -0.208 e. The molecular formula is C41H38ClN3. The van der Waals surface area contributed by atoms with E-state index in [9.17, 15) is 0 Å². The van der Waals surface area contributed by atoms with Crippen LogP contribution in [0.25, 0.3) is 56.4 Å². The summed E-state index contributed by atoms with van der Waals surface area (Å²) in [7, 11) is 0. The summed E-state index contributed by atoms with van der Waals surface area (Å²) in [6, 6.07) is 41.7. The Morgan fingerprint density at radius 1 is 0.400 bits per heavy atom. The lowest BCUT2D eigenvalue weighted by Gasteiger charge is -2.26. The van der Waals surface area contributed by atoms with Crippen LogP contribution in [-0.2, 0) is 10.8 Å². The zero-order valence-electron chi connectivity index (χ0n) is 26.8. The normalized spacial score (nSPS) is 11.9. The molecule has 0 atom stereocenters. The first-order chi connectivity index (χ1) is 21.5. The van der Waals surface area contributed by atoms with Gasteiger partial charge in [-0.3, -0.25) is 0 Å². The lowest BCUT2D eigenvalue weighted by atomic mass is 9.79. The van der Waals surface area contributed by atoms with Crippen molar-refractivity contribution in [2.45, 2.75) is 52.4 Å². The Kier molecular flexibility index (Phi) is 8.16. The Balaban J connectivity index is 1.56. The van der Waals surface area contributed by atoms with E-state index >= 15 is 0 Å². The van der Waals surface area contributed by atoms with Crippen molar-refractivity contribution in [3.8, 4) is 56.4 Å². The van der Waals surface area contributed by atoms with E-state index in [0.29, 0.717) is 22.5 Å². The van der Waals surface area contributed by atoms with Crippen molar-refractivity contribution < 1.29 is 0 Å². The van der Waals surface area contributed by atoms with Gasteiger partial charge in [0.15, 0.2) is 17.5 Å². The van der Waals surface area contributed by atoms with Gasteiger partial charge >= 0.3 is 0 Å². The Hall–Kier alpha value is -4.60. The van der Waals surface area contributed by atoms with Crippen molar-refractivity contribution in [2.75, 3.05) is 0 Å². The van der Waals surface area contributed by atoms with E-state index in [1.54, 1.807) is 0 Å². The minimum absolute atomic E-state index is 0.00272. The molecule has 4 heteroatoms. The number of benzene rings is 5. The lowest BCUT2D eigenvalue weighted by Crippen LogP contribution is -2.16. The topological polar surface area (TPSA) is 38.7 Å². The van der Waals surface area contributed by atoms with Crippen LogP contribution in [0.3, 0.4) is 0 Å². The molecule has 0 aliphatic rings. The van der Waals surface area contributed by atoms with Gasteiger partial charge in [-0.15, -0.1) is 0 Å². The molecule has 45 heavy (non-hydrogen) atoms. The predicted molar refractivity (Wildman–Crippen MR) is 189 cm³/mol. The van der Waals surface area contributed by atoms with E-state index in [1.165, 1.54) is 11.1 Å². The Morgan fingerprint density at radius 3 is 1.42 bits per heavy atom. The van der Waals surface area contributed by atoms with Gasteiger partial charge in [-0.1, -0.05) is 156 Å². The molecule has 0 spiro atoms. The van der Waals surface area contributed by atoms with Crippen LogP contribution >= 0.6 is 11.6 Å². The SMILES string of the molecule is CC(C)(C)c1cc(-c2cc(Cl)cc(-c3nc(-c4ccccc4)nc(-c4ccccc4-c4ccccc4)n3)c2)cc(C(C)(C)C)c1. The number of hydrogen-bond donors (Lipinski definition) is 0. The summed E-state index contributed by atoms with van der Waals surface area (Å²) in [6.07, 6.45) is 0. The highest BCUT2D eigenvalue weighted by Gasteiger charge is 2.22. The second-order valence-corrected chi connectivity index (χ2v) is 14.0. The van der Waals surface area contributed by atoms with Crippen LogP contribution in [0, 0.1) is 0 Å². The summed E-state index contributed by atoms with van der Waals surface area (Å²) >= 11 is 6.86. The monoisotopic (exact) mass is 607 g/mol. The van der Waals surface area contributed by atoms with E-state index in [2.05, 4.69) is 90.1 Å². The highest BCUT2D eigenvalue weighted by molar-refractivity contribution is 6.31. The third kappa shape index (κ3) is 6.74. The van der Waals surface area contributed by atoms with Gasteiger partial charge in [0, 0.05) is 21.7 Å². The van der Waals surface area contributed by atoms with Gasteiger partial charge in [-0.25, -0.2) is 15.0 Å². The zero-order valence-corrected chi connectivity index (χ0v) is 27.5. The summed E-state index contributed by atoms with van der Waals surface area (Å²) < 4.78 is 0. The van der Waals surface area contributed by atoms with E-state index < -0.39 is 0 Å². The standard InChI is InChI=1S/C41H38ClN3/c1-40(2,3)32-22-30(23-33(26-32)41(4,5)6)29-21-31(25-34(42)24-29)38-43-37(28-17-11-8-12-18-28)44-39(45-38)36-20-14-13-19-35(36)27-15-9-7-10-16-27/h7-26H,1-6H3. The average molecular weight is 608 g/mol. The van der Waals surface area contributed by atoms with Gasteiger partial charge in [-0.05, 0) is 62.4 Å². The molecule has 5 aromatic carbocycles. The van der Waals surface area contributed by atoms with Crippen molar-refractivity contribution in [1.82, 2.24) is 15.0 Å². The molecule has 3 nitrogen and oxygen atoms in total. The molecule has 0 amide bonds. The van der Waals surface area contributed by atoms with Crippen LogP contribution < -0.4 is 0 Å². The minimum atomic E-state index is -0.00272. The Bertz CT molecular complexity index is 1940. The second-order valence-electron chi connectivity index (χ2n) is 13.6. The molecule has 0 N–H and O–H groups in total. The fourth-order valence-corrected chi connectivity index (χ4v) is 5.67. The number of nitrogens with zero attached hydrogens (tertiary/aromatic N) is 3. The van der Waals surface area contributed by atoms with Crippen LogP contribution in [0.4, 0.5) is 0 Å². The average Bonchev–Trinajstić information content (AvgIpc) is 3.04. The molecule has 0 bridgehead atoms. The summed E-state index contributed by atoms with van der Waals surface area (Å²) in [5, 5.41) is 0.633. The molecule has 0 saturated heterocycles. The molecule has 6 aromatic rings. The molecule has 0 aliphatic heterocycles. The molecule has 1 aromatic heterocycles. The lowest BCUT2D eigenvalue weighted by molar-refractivity contribution is 0.569. The molecule has 0 fully saturated rings. The summed E-state index contributed by atoms with van der Waals surface area (Å²) in [6.45, 7) is 13.5. The van der Waals surface area contributed by atoms with Crippen molar-refractivity contribution >= 4 is 11.6 Å². The molecule has 0 aliphatic carbocycles. The maximum atomic E-state index is 6.86. The maximum Gasteiger partial charge on any atom is 0.164 e. The third-order valence-electron chi connectivity index (χ3n) is 8.07. The maximum absolute atomic E-state index is 6.86. The molecule has 224 valence electrons. The molecular weight excluding hydrogens is 570 g/mol. The summed E-state index contributed by atoms with van der Waals surface area (Å²) in [5.41, 5.74) is 9.61. The number of hydrogen-bond acceptors (Lipinski definition) is 3. The smallest absolute Gasteiger partial charge is 0.164 e. The quantitative estimate of drug-likeness (QED) is 0.196. The van der Waals surface area contributed by atoms with Crippen molar-refractivity contribution in [1.29, 1.82) is 0 Å². The number of halogens is 1. The molecule has 1 heterocycles. The van der Waals surface area contributed by atoms with Gasteiger partial charge < -0.3 is 0 Å². The van der Waals surface area contributed by atoms with E-state index in [4.69, 9.17) is 26.6 Å². The summed E-state index contributed by atoms with van der Waals surface area (Å²) in [5.74, 6) is 1.81. The van der Waals surface area contributed by atoms with Crippen LogP contribution in [0.2, 0.25) is 5.02 Å². The first-order valence-corrected chi connectivity index (χ1v) is 15.8. The van der Waals surface area contributed by atoms with Crippen LogP contribution in [0.15, 0.2) is 121 Å². The number of rotatable bonds is 5. The van der Waals surface area contributed by atoms with E-state index in [1.807, 2.05) is 72.8 Å². The molecule has 0 radical (unpaired) electrons. The van der Waals surface area contributed by atoms with Gasteiger partial charge in [0.25, 0.3) is 0 Å². The summed E-state index contributed by atoms with van der Waals surface area (Å²) in [4.78, 5) is 15.1. The zero-order chi connectivity index (χ0) is 31.8. The van der Waals surface area contributed by atoms with Crippen molar-refractivity contribution in [3.63, 3.8) is 0 Å². The van der Waals surface area contributed by atoms with Gasteiger partial charge in [0.1, 0.15) is 0 Å². The van der Waals surface area contributed by atoms with Crippen LogP contribution in [-0.4, -0.2) is 15.0 Å². The fraction of sp³-hybridized carbons (Fsp3) is 0.195. The van der Waals surface area contributed by atoms with Crippen molar-refractivity contribution in [2.24, 2.45) is 0 Å². The largest absolute Gasteiger partial charge is 0.208 e. The molecule has 0 unspecified atom stereocenters. The Labute approximate surface area is 272 Å². The fourth-order valence-electron chi connectivity index (χ4n) is 5.44. The predicted octanol–water partition coefficient (Wildman–Crippen LogP) is 11.5. The van der Waals surface area contributed by atoms with E-state index in [-0.39, 0.29) is 10.8 Å². The van der Waals surface area contributed by atoms with Crippen molar-refractivity contribution in [3.05, 3.63) is 137 Å². The van der Waals surface area contributed by atoms with Crippen LogP contribution in [0.5, 0.6) is 0 Å². The van der Waals surface area contributed by atoms with Gasteiger partial charge in [-0.2, -0.15) is 0 Å².